The highest BCUT2D eigenvalue weighted by atomic mass is 16.3. The Kier molecular flexibility index (Phi) is 2.04. The molecular weight excluding hydrogens is 202 g/mol. The topological polar surface area (TPSA) is 54.7 Å². The third-order valence-corrected chi connectivity index (χ3v) is 2.40. The van der Waals surface area contributed by atoms with Crippen LogP contribution in [0.5, 0.6) is 0 Å². The summed E-state index contributed by atoms with van der Waals surface area (Å²) in [5.74, 6) is 0.715. The quantitative estimate of drug-likeness (QED) is 0.709. The van der Waals surface area contributed by atoms with Crippen molar-refractivity contribution in [1.29, 1.82) is 0 Å². The van der Waals surface area contributed by atoms with Crippen LogP contribution in [0.2, 0.25) is 0 Å². The molecule has 2 heterocycles. The zero-order valence-electron chi connectivity index (χ0n) is 8.42. The summed E-state index contributed by atoms with van der Waals surface area (Å²) in [5.41, 5.74) is 2.94. The zero-order valence-corrected chi connectivity index (χ0v) is 8.42. The Balaban J connectivity index is 2.14. The highest BCUT2D eigenvalue weighted by Gasteiger charge is 2.11. The highest BCUT2D eigenvalue weighted by Crippen LogP contribution is 2.29. The van der Waals surface area contributed by atoms with E-state index < -0.39 is 0 Å². The molecule has 0 aliphatic heterocycles. The van der Waals surface area contributed by atoms with E-state index in [0.29, 0.717) is 5.76 Å². The van der Waals surface area contributed by atoms with Gasteiger partial charge in [0.1, 0.15) is 0 Å². The molecule has 0 radical (unpaired) electrons. The molecule has 3 aromatic rings. The summed E-state index contributed by atoms with van der Waals surface area (Å²) in [7, 11) is 0. The van der Waals surface area contributed by atoms with Crippen LogP contribution in [-0.2, 0) is 0 Å². The van der Waals surface area contributed by atoms with Crippen molar-refractivity contribution in [2.75, 3.05) is 0 Å². The lowest BCUT2D eigenvalue weighted by molar-refractivity contribution is 0.572. The fraction of sp³-hybridized carbons (Fsp3) is 0. The Labute approximate surface area is 92.0 Å². The maximum atomic E-state index is 5.27. The second kappa shape index (κ2) is 3.66. The Morgan fingerprint density at radius 2 is 1.94 bits per heavy atom. The minimum Gasteiger partial charge on any atom is -0.443 e. The Morgan fingerprint density at radius 1 is 1.06 bits per heavy atom. The Bertz CT molecular complexity index is 569. The van der Waals surface area contributed by atoms with Gasteiger partial charge in [0, 0.05) is 5.56 Å². The first kappa shape index (κ1) is 8.91. The molecule has 1 N–H and O–H groups in total. The van der Waals surface area contributed by atoms with Gasteiger partial charge in [0.15, 0.2) is 12.2 Å². The van der Waals surface area contributed by atoms with E-state index in [1.807, 2.05) is 30.3 Å². The molecule has 2 aromatic heterocycles. The molecule has 0 aliphatic rings. The van der Waals surface area contributed by atoms with Crippen LogP contribution >= 0.6 is 0 Å². The van der Waals surface area contributed by atoms with Crippen LogP contribution < -0.4 is 0 Å². The Hall–Kier alpha value is -2.36. The number of benzene rings is 1. The van der Waals surface area contributed by atoms with Crippen molar-refractivity contribution in [3.05, 3.63) is 49.1 Å². The lowest BCUT2D eigenvalue weighted by atomic mass is 10.1. The largest absolute Gasteiger partial charge is 0.443 e. The van der Waals surface area contributed by atoms with Gasteiger partial charge in [-0.15, -0.1) is 0 Å². The lowest BCUT2D eigenvalue weighted by Crippen LogP contribution is -1.80. The van der Waals surface area contributed by atoms with E-state index >= 15 is 0 Å². The van der Waals surface area contributed by atoms with Gasteiger partial charge in [-0.3, -0.25) is 5.10 Å². The standard InChI is InChI=1S/C12H9N3O/c1-2-4-9(5-3-1)12-10(6-14-15-12)11-7-13-8-16-11/h1-8H,(H,14,15). The highest BCUT2D eigenvalue weighted by molar-refractivity contribution is 5.77. The van der Waals surface area contributed by atoms with Gasteiger partial charge < -0.3 is 4.42 Å². The number of nitrogens with one attached hydrogen (secondary N) is 1. The average Bonchev–Trinajstić information content (AvgIpc) is 3.01. The van der Waals surface area contributed by atoms with E-state index in [2.05, 4.69) is 15.2 Å². The van der Waals surface area contributed by atoms with Crippen molar-refractivity contribution < 1.29 is 4.42 Å². The molecule has 1 aromatic carbocycles. The SMILES string of the molecule is c1ccc(-c2[nH]ncc2-c2cnco2)cc1. The molecule has 0 saturated heterocycles. The van der Waals surface area contributed by atoms with Gasteiger partial charge in [0.2, 0.25) is 0 Å². The minimum absolute atomic E-state index is 0.715. The van der Waals surface area contributed by atoms with Gasteiger partial charge in [-0.1, -0.05) is 30.3 Å². The van der Waals surface area contributed by atoms with Crippen LogP contribution in [0.15, 0.2) is 53.5 Å². The van der Waals surface area contributed by atoms with Gasteiger partial charge in [-0.2, -0.15) is 5.10 Å². The number of hydrogen-bond acceptors (Lipinski definition) is 3. The predicted octanol–water partition coefficient (Wildman–Crippen LogP) is 2.73. The Morgan fingerprint density at radius 3 is 2.69 bits per heavy atom. The van der Waals surface area contributed by atoms with Crippen LogP contribution in [0.25, 0.3) is 22.6 Å². The molecule has 0 fully saturated rings. The van der Waals surface area contributed by atoms with E-state index in [0.717, 1.165) is 16.8 Å². The minimum atomic E-state index is 0.715. The zero-order chi connectivity index (χ0) is 10.8. The van der Waals surface area contributed by atoms with E-state index in [1.54, 1.807) is 12.4 Å². The summed E-state index contributed by atoms with van der Waals surface area (Å²) in [5, 5.41) is 7.01. The average molecular weight is 211 g/mol. The number of oxazole rings is 1. The van der Waals surface area contributed by atoms with E-state index in [4.69, 9.17) is 4.42 Å². The fourth-order valence-electron chi connectivity index (χ4n) is 1.65. The van der Waals surface area contributed by atoms with Crippen LogP contribution in [0.4, 0.5) is 0 Å². The maximum Gasteiger partial charge on any atom is 0.181 e. The second-order valence-corrected chi connectivity index (χ2v) is 3.39. The summed E-state index contributed by atoms with van der Waals surface area (Å²) >= 11 is 0. The summed E-state index contributed by atoms with van der Waals surface area (Å²) < 4.78 is 5.27. The summed E-state index contributed by atoms with van der Waals surface area (Å²) in [4.78, 5) is 3.90. The number of aromatic nitrogens is 3. The van der Waals surface area contributed by atoms with Crippen molar-refractivity contribution in [2.45, 2.75) is 0 Å². The summed E-state index contributed by atoms with van der Waals surface area (Å²) in [6.07, 6.45) is 4.83. The number of hydrogen-bond donors (Lipinski definition) is 1. The number of rotatable bonds is 2. The van der Waals surface area contributed by atoms with Gasteiger partial charge >= 0.3 is 0 Å². The summed E-state index contributed by atoms with van der Waals surface area (Å²) in [6.45, 7) is 0. The van der Waals surface area contributed by atoms with Crippen molar-refractivity contribution in [2.24, 2.45) is 0 Å². The molecule has 78 valence electrons. The van der Waals surface area contributed by atoms with Crippen LogP contribution in [-0.4, -0.2) is 15.2 Å². The third-order valence-electron chi connectivity index (χ3n) is 2.40. The normalized spacial score (nSPS) is 10.5. The molecule has 16 heavy (non-hydrogen) atoms. The molecule has 0 bridgehead atoms. The van der Waals surface area contributed by atoms with Crippen LogP contribution in [0.3, 0.4) is 0 Å². The number of aromatic amines is 1. The van der Waals surface area contributed by atoms with Crippen LogP contribution in [0, 0.1) is 0 Å². The van der Waals surface area contributed by atoms with Crippen molar-refractivity contribution >= 4 is 0 Å². The summed E-state index contributed by atoms with van der Waals surface area (Å²) in [6, 6.07) is 10.00. The fourth-order valence-corrected chi connectivity index (χ4v) is 1.65. The molecular formula is C12H9N3O. The predicted molar refractivity (Wildman–Crippen MR) is 59.5 cm³/mol. The number of H-pyrrole nitrogens is 1. The maximum absolute atomic E-state index is 5.27. The second-order valence-electron chi connectivity index (χ2n) is 3.39. The lowest BCUT2D eigenvalue weighted by Gasteiger charge is -1.99. The first-order valence-corrected chi connectivity index (χ1v) is 4.93. The van der Waals surface area contributed by atoms with E-state index in [-0.39, 0.29) is 0 Å². The first-order valence-electron chi connectivity index (χ1n) is 4.93. The molecule has 0 aliphatic carbocycles. The molecule has 0 saturated carbocycles. The first-order chi connectivity index (χ1) is 7.95. The molecule has 3 rings (SSSR count). The van der Waals surface area contributed by atoms with E-state index in [9.17, 15) is 0 Å². The van der Waals surface area contributed by atoms with Crippen molar-refractivity contribution in [1.82, 2.24) is 15.2 Å². The van der Waals surface area contributed by atoms with Gasteiger partial charge in [-0.05, 0) is 0 Å². The molecule has 0 unspecified atom stereocenters. The molecule has 4 heteroatoms. The number of nitrogens with zero attached hydrogens (tertiary/aromatic N) is 2. The third kappa shape index (κ3) is 1.40. The molecule has 0 spiro atoms. The van der Waals surface area contributed by atoms with Gasteiger partial charge in [0.05, 0.1) is 23.7 Å². The monoisotopic (exact) mass is 211 g/mol. The van der Waals surface area contributed by atoms with E-state index in [1.165, 1.54) is 6.39 Å². The molecule has 0 atom stereocenters. The van der Waals surface area contributed by atoms with Gasteiger partial charge in [0.25, 0.3) is 0 Å². The van der Waals surface area contributed by atoms with Crippen molar-refractivity contribution in [3.8, 4) is 22.6 Å². The molecule has 0 amide bonds. The van der Waals surface area contributed by atoms with Crippen molar-refractivity contribution in [3.63, 3.8) is 0 Å². The van der Waals surface area contributed by atoms with Crippen LogP contribution in [0.1, 0.15) is 0 Å². The van der Waals surface area contributed by atoms with Gasteiger partial charge in [-0.25, -0.2) is 4.98 Å². The molecule has 4 nitrogen and oxygen atoms in total. The smallest absolute Gasteiger partial charge is 0.181 e.